The molecule has 2 aromatic heterocycles. The monoisotopic (exact) mass is 560 g/mol. The molecule has 3 saturated heterocycles. The van der Waals surface area contributed by atoms with E-state index in [2.05, 4.69) is 15.3 Å². The number of benzene rings is 1. The maximum Gasteiger partial charge on any atom is 0.325 e. The first-order chi connectivity index (χ1) is 19.8. The number of hydrogen-bond acceptors (Lipinski definition) is 8. The molecule has 3 aliphatic heterocycles. The van der Waals surface area contributed by atoms with E-state index in [1.54, 1.807) is 9.80 Å². The van der Waals surface area contributed by atoms with Crippen LogP contribution in [-0.4, -0.2) is 94.7 Å². The van der Waals surface area contributed by atoms with Gasteiger partial charge in [0.05, 0.1) is 24.8 Å². The summed E-state index contributed by atoms with van der Waals surface area (Å²) in [5.74, 6) is -0.549. The number of fused-ring (bicyclic) bond motifs is 1. The molecule has 0 bridgehead atoms. The van der Waals surface area contributed by atoms with Gasteiger partial charge in [0.25, 0.3) is 11.5 Å². The van der Waals surface area contributed by atoms with Crippen molar-refractivity contribution in [1.82, 2.24) is 29.7 Å². The van der Waals surface area contributed by atoms with Crippen LogP contribution in [0.3, 0.4) is 0 Å². The Kier molecular flexibility index (Phi) is 6.91. The van der Waals surface area contributed by atoms with Crippen molar-refractivity contribution < 1.29 is 19.1 Å². The predicted molar refractivity (Wildman–Crippen MR) is 149 cm³/mol. The van der Waals surface area contributed by atoms with E-state index in [0.29, 0.717) is 58.3 Å². The first kappa shape index (κ1) is 26.8. The highest BCUT2D eigenvalue weighted by Crippen LogP contribution is 2.37. The van der Waals surface area contributed by atoms with Crippen molar-refractivity contribution in [3.05, 3.63) is 63.6 Å². The lowest BCUT2D eigenvalue weighted by atomic mass is 9.78. The van der Waals surface area contributed by atoms with Crippen LogP contribution in [0.25, 0.3) is 11.2 Å². The number of carbonyl (C=O) groups excluding carboxylic acids is 3. The van der Waals surface area contributed by atoms with Crippen LogP contribution in [0.4, 0.5) is 10.6 Å². The number of ether oxygens (including phenoxy) is 1. The van der Waals surface area contributed by atoms with Gasteiger partial charge in [-0.05, 0) is 18.6 Å². The second kappa shape index (κ2) is 10.6. The van der Waals surface area contributed by atoms with Gasteiger partial charge in [0.1, 0.15) is 17.6 Å². The van der Waals surface area contributed by atoms with Crippen molar-refractivity contribution in [2.75, 3.05) is 57.4 Å². The van der Waals surface area contributed by atoms with Gasteiger partial charge in [-0.3, -0.25) is 23.9 Å². The van der Waals surface area contributed by atoms with E-state index in [9.17, 15) is 19.2 Å². The van der Waals surface area contributed by atoms with Crippen molar-refractivity contribution in [2.45, 2.75) is 20.0 Å². The zero-order valence-electron chi connectivity index (χ0n) is 22.8. The molecule has 3 aromatic rings. The third-order valence-corrected chi connectivity index (χ3v) is 7.88. The summed E-state index contributed by atoms with van der Waals surface area (Å²) >= 11 is 0. The summed E-state index contributed by atoms with van der Waals surface area (Å²) in [6, 6.07) is 8.82. The van der Waals surface area contributed by atoms with Crippen LogP contribution in [0.5, 0.6) is 0 Å². The number of rotatable bonds is 8. The van der Waals surface area contributed by atoms with Crippen molar-refractivity contribution in [3.8, 4) is 0 Å². The van der Waals surface area contributed by atoms with Gasteiger partial charge in [-0.1, -0.05) is 29.8 Å². The third-order valence-electron chi connectivity index (χ3n) is 7.88. The van der Waals surface area contributed by atoms with Crippen molar-refractivity contribution in [1.29, 1.82) is 0 Å². The van der Waals surface area contributed by atoms with Gasteiger partial charge in [0.2, 0.25) is 5.91 Å². The lowest BCUT2D eigenvalue weighted by Crippen LogP contribution is -2.67. The van der Waals surface area contributed by atoms with E-state index in [1.807, 2.05) is 31.2 Å². The zero-order valence-corrected chi connectivity index (χ0v) is 22.8. The molecule has 3 N–H and O–H groups in total. The molecule has 0 atom stereocenters. The molecule has 13 heteroatoms. The Balaban J connectivity index is 1.32. The van der Waals surface area contributed by atoms with Gasteiger partial charge in [0, 0.05) is 45.8 Å². The van der Waals surface area contributed by atoms with Gasteiger partial charge in [-0.2, -0.15) is 0 Å². The molecule has 0 aliphatic carbocycles. The molecule has 3 aliphatic rings. The molecular weight excluding hydrogens is 528 g/mol. The summed E-state index contributed by atoms with van der Waals surface area (Å²) in [6.07, 6.45) is 1.41. The normalized spacial score (nSPS) is 17.6. The first-order valence-corrected chi connectivity index (χ1v) is 13.6. The fourth-order valence-electron chi connectivity index (χ4n) is 5.46. The number of anilines is 1. The van der Waals surface area contributed by atoms with Crippen LogP contribution in [0.2, 0.25) is 0 Å². The second-order valence-electron chi connectivity index (χ2n) is 11.0. The minimum absolute atomic E-state index is 0.0230. The van der Waals surface area contributed by atoms with Gasteiger partial charge in [-0.15, -0.1) is 0 Å². The van der Waals surface area contributed by atoms with Gasteiger partial charge in [-0.25, -0.2) is 14.8 Å². The summed E-state index contributed by atoms with van der Waals surface area (Å²) in [4.78, 5) is 66.7. The largest absolute Gasteiger partial charge is 0.380 e. The fraction of sp³-hybridized carbons (Fsp3) is 0.429. The van der Waals surface area contributed by atoms with Crippen LogP contribution < -0.4 is 21.5 Å². The number of aryl methyl sites for hydroxylation is 1. The highest BCUT2D eigenvalue weighted by Gasteiger charge is 2.50. The quantitative estimate of drug-likeness (QED) is 0.393. The van der Waals surface area contributed by atoms with Crippen molar-refractivity contribution >= 4 is 34.8 Å². The van der Waals surface area contributed by atoms with Crippen molar-refractivity contribution in [3.63, 3.8) is 0 Å². The number of pyridine rings is 1. The number of hydrogen-bond donors (Lipinski definition) is 2. The molecule has 41 heavy (non-hydrogen) atoms. The lowest BCUT2D eigenvalue weighted by Gasteiger charge is -2.54. The number of amides is 4. The molecule has 1 spiro atoms. The standard InChI is InChI=1S/C28H32N8O5/c1-18-2-4-19(5-3-18)11-31-25(38)20-10-21-24(30-12-22(32-21)35-9-8-33(7-6-29)27(35)40)36(26(20)39)13-23(37)34-14-28(15-34)16-41-17-28/h2-5,10,12H,6-9,11,13-17,29H2,1H3,(H,31,38). The summed E-state index contributed by atoms with van der Waals surface area (Å²) in [7, 11) is 0. The molecule has 13 nitrogen and oxygen atoms in total. The highest BCUT2D eigenvalue weighted by molar-refractivity contribution is 5.97. The third kappa shape index (κ3) is 5.02. The molecule has 3 fully saturated rings. The van der Waals surface area contributed by atoms with Gasteiger partial charge in [0.15, 0.2) is 11.5 Å². The number of urea groups is 1. The van der Waals surface area contributed by atoms with E-state index < -0.39 is 11.5 Å². The summed E-state index contributed by atoms with van der Waals surface area (Å²) in [5, 5.41) is 2.80. The van der Waals surface area contributed by atoms with Crippen LogP contribution in [0, 0.1) is 12.3 Å². The van der Waals surface area contributed by atoms with E-state index in [0.717, 1.165) is 11.1 Å². The fourth-order valence-corrected chi connectivity index (χ4v) is 5.46. The van der Waals surface area contributed by atoms with Crippen LogP contribution in [0.15, 0.2) is 41.3 Å². The maximum atomic E-state index is 13.6. The number of carbonyl (C=O) groups is 3. The summed E-state index contributed by atoms with van der Waals surface area (Å²) < 4.78 is 6.49. The lowest BCUT2D eigenvalue weighted by molar-refractivity contribution is -0.195. The number of nitrogens with one attached hydrogen (secondary N) is 1. The van der Waals surface area contributed by atoms with Crippen LogP contribution in [-0.2, 0) is 22.6 Å². The SMILES string of the molecule is Cc1ccc(CNC(=O)c2cc3nc(N4CCN(CCN)C4=O)cnc3n(CC(=O)N3CC4(COC4)C3)c2=O)cc1. The van der Waals surface area contributed by atoms with E-state index >= 15 is 0 Å². The maximum absolute atomic E-state index is 13.6. The Morgan fingerprint density at radius 2 is 1.88 bits per heavy atom. The molecule has 0 saturated carbocycles. The van der Waals surface area contributed by atoms with Crippen LogP contribution in [0.1, 0.15) is 21.5 Å². The average Bonchev–Trinajstić information content (AvgIpc) is 3.27. The number of aromatic nitrogens is 3. The predicted octanol–water partition coefficient (Wildman–Crippen LogP) is 0.0894. The Labute approximate surface area is 235 Å². The summed E-state index contributed by atoms with van der Waals surface area (Å²) in [5.41, 5.74) is 7.22. The van der Waals surface area contributed by atoms with Crippen molar-refractivity contribution in [2.24, 2.45) is 11.1 Å². The molecule has 0 unspecified atom stereocenters. The first-order valence-electron chi connectivity index (χ1n) is 13.6. The van der Waals surface area contributed by atoms with Gasteiger partial charge < -0.3 is 25.6 Å². The molecule has 0 radical (unpaired) electrons. The second-order valence-corrected chi connectivity index (χ2v) is 11.0. The summed E-state index contributed by atoms with van der Waals surface area (Å²) in [6.45, 7) is 5.98. The molecular formula is C28H32N8O5. The topological polar surface area (TPSA) is 156 Å². The minimum atomic E-state index is -0.636. The smallest absolute Gasteiger partial charge is 0.325 e. The van der Waals surface area contributed by atoms with Crippen LogP contribution >= 0.6 is 0 Å². The Morgan fingerprint density at radius 3 is 2.56 bits per heavy atom. The minimum Gasteiger partial charge on any atom is -0.380 e. The average molecular weight is 561 g/mol. The molecule has 6 rings (SSSR count). The number of likely N-dealkylation sites (tertiary alicyclic amines) is 1. The van der Waals surface area contributed by atoms with E-state index in [4.69, 9.17) is 10.5 Å². The molecule has 5 heterocycles. The Morgan fingerprint density at radius 1 is 1.12 bits per heavy atom. The number of nitrogens with zero attached hydrogens (tertiary/aromatic N) is 6. The zero-order chi connectivity index (χ0) is 28.7. The van der Waals surface area contributed by atoms with Gasteiger partial charge >= 0.3 is 6.03 Å². The van der Waals surface area contributed by atoms with E-state index in [1.165, 1.54) is 21.7 Å². The molecule has 214 valence electrons. The molecule has 1 aromatic carbocycles. The Hall–Kier alpha value is -4.36. The molecule has 4 amide bonds. The Bertz CT molecular complexity index is 1570. The number of nitrogens with two attached hydrogens (primary N) is 1. The highest BCUT2D eigenvalue weighted by atomic mass is 16.5. The van der Waals surface area contributed by atoms with E-state index in [-0.39, 0.29) is 47.2 Å².